The summed E-state index contributed by atoms with van der Waals surface area (Å²) < 4.78 is 15.1. The van der Waals surface area contributed by atoms with Crippen molar-refractivity contribution >= 4 is 17.4 Å². The molecule has 0 aliphatic carbocycles. The van der Waals surface area contributed by atoms with Crippen LogP contribution in [0.15, 0.2) is 48.5 Å². The summed E-state index contributed by atoms with van der Waals surface area (Å²) in [4.78, 5) is 14.9. The standard InChI is InChI=1S/C24H24FN5O/c1-16-5-3-4-6-20(16)21-14-23(29(2)28-21)27-24(31)17-9-11-30(12-10-17)22-8-7-19(25)13-18(22)15-26/h3-8,13-14,17H,9-12H2,1-2H3,(H,27,31). The number of halogens is 1. The number of nitrogens with zero attached hydrogens (tertiary/aromatic N) is 4. The molecule has 3 aromatic rings. The Labute approximate surface area is 180 Å². The lowest BCUT2D eigenvalue weighted by Crippen LogP contribution is -2.38. The molecule has 158 valence electrons. The van der Waals surface area contributed by atoms with E-state index in [0.717, 1.165) is 22.5 Å². The van der Waals surface area contributed by atoms with E-state index in [1.165, 1.54) is 12.1 Å². The molecule has 1 aliphatic rings. The molecule has 1 aliphatic heterocycles. The maximum Gasteiger partial charge on any atom is 0.228 e. The molecule has 0 bridgehead atoms. The van der Waals surface area contributed by atoms with Crippen molar-refractivity contribution in [2.24, 2.45) is 13.0 Å². The molecule has 0 unspecified atom stereocenters. The fraction of sp³-hybridized carbons (Fsp3) is 0.292. The van der Waals surface area contributed by atoms with Gasteiger partial charge in [-0.2, -0.15) is 10.4 Å². The van der Waals surface area contributed by atoms with Gasteiger partial charge in [-0.05, 0) is 43.5 Å². The van der Waals surface area contributed by atoms with Crippen molar-refractivity contribution in [3.05, 3.63) is 65.5 Å². The average molecular weight is 417 g/mol. The van der Waals surface area contributed by atoms with Gasteiger partial charge in [0.2, 0.25) is 5.91 Å². The zero-order chi connectivity index (χ0) is 22.0. The summed E-state index contributed by atoms with van der Waals surface area (Å²) in [6, 6.07) is 16.2. The highest BCUT2D eigenvalue weighted by atomic mass is 19.1. The molecule has 0 radical (unpaired) electrons. The van der Waals surface area contributed by atoms with E-state index in [-0.39, 0.29) is 11.8 Å². The van der Waals surface area contributed by atoms with Crippen molar-refractivity contribution in [3.8, 4) is 17.3 Å². The van der Waals surface area contributed by atoms with Crippen molar-refractivity contribution in [2.75, 3.05) is 23.3 Å². The lowest BCUT2D eigenvalue weighted by atomic mass is 9.95. The summed E-state index contributed by atoms with van der Waals surface area (Å²) in [5, 5.41) is 16.9. The first-order chi connectivity index (χ1) is 15.0. The van der Waals surface area contributed by atoms with Gasteiger partial charge in [0.05, 0.1) is 16.9 Å². The van der Waals surface area contributed by atoms with Gasteiger partial charge in [0.15, 0.2) is 0 Å². The Morgan fingerprint density at radius 3 is 2.65 bits per heavy atom. The fourth-order valence-electron chi connectivity index (χ4n) is 4.06. The van der Waals surface area contributed by atoms with Crippen LogP contribution in [-0.2, 0) is 11.8 Å². The Morgan fingerprint density at radius 2 is 1.94 bits per heavy atom. The highest BCUT2D eigenvalue weighted by molar-refractivity contribution is 5.92. The van der Waals surface area contributed by atoms with Crippen LogP contribution in [0.5, 0.6) is 0 Å². The Morgan fingerprint density at radius 1 is 1.19 bits per heavy atom. The summed E-state index contributed by atoms with van der Waals surface area (Å²) in [6.45, 7) is 3.31. The minimum atomic E-state index is -0.421. The van der Waals surface area contributed by atoms with Crippen LogP contribution < -0.4 is 10.2 Å². The maximum absolute atomic E-state index is 13.4. The summed E-state index contributed by atoms with van der Waals surface area (Å²) in [7, 11) is 1.82. The Kier molecular flexibility index (Phi) is 5.72. The van der Waals surface area contributed by atoms with E-state index < -0.39 is 5.82 Å². The molecule has 1 fully saturated rings. The van der Waals surface area contributed by atoms with E-state index in [0.29, 0.717) is 37.3 Å². The molecule has 0 atom stereocenters. The van der Waals surface area contributed by atoms with Gasteiger partial charge >= 0.3 is 0 Å². The number of hydrogen-bond donors (Lipinski definition) is 1. The van der Waals surface area contributed by atoms with Gasteiger partial charge in [-0.1, -0.05) is 24.3 Å². The van der Waals surface area contributed by atoms with Gasteiger partial charge in [-0.3, -0.25) is 9.48 Å². The Balaban J connectivity index is 1.41. The normalized spacial score (nSPS) is 14.3. The second-order valence-electron chi connectivity index (χ2n) is 7.88. The summed E-state index contributed by atoms with van der Waals surface area (Å²) in [5.41, 5.74) is 4.03. The molecule has 6 nitrogen and oxygen atoms in total. The van der Waals surface area contributed by atoms with Crippen molar-refractivity contribution in [3.63, 3.8) is 0 Å². The number of amides is 1. The van der Waals surface area contributed by atoms with E-state index in [4.69, 9.17) is 0 Å². The number of aryl methyl sites for hydroxylation is 2. The van der Waals surface area contributed by atoms with Gasteiger partial charge in [0.25, 0.3) is 0 Å². The van der Waals surface area contributed by atoms with E-state index >= 15 is 0 Å². The molecule has 1 aromatic heterocycles. The molecule has 0 saturated carbocycles. The first-order valence-corrected chi connectivity index (χ1v) is 10.3. The van der Waals surface area contributed by atoms with E-state index in [1.807, 2.05) is 49.2 Å². The van der Waals surface area contributed by atoms with Crippen LogP contribution in [0.3, 0.4) is 0 Å². The summed E-state index contributed by atoms with van der Waals surface area (Å²) in [6.07, 6.45) is 1.33. The predicted octanol–water partition coefficient (Wildman–Crippen LogP) is 4.26. The number of anilines is 2. The molecule has 2 heterocycles. The number of nitrogens with one attached hydrogen (secondary N) is 1. The van der Waals surface area contributed by atoms with Crippen molar-refractivity contribution in [1.29, 1.82) is 5.26 Å². The number of rotatable bonds is 4. The molecule has 4 rings (SSSR count). The summed E-state index contributed by atoms with van der Waals surface area (Å²) in [5.74, 6) is 0.0874. The van der Waals surface area contributed by atoms with Gasteiger partial charge < -0.3 is 10.2 Å². The molecule has 0 spiro atoms. The number of nitriles is 1. The SMILES string of the molecule is Cc1ccccc1-c1cc(NC(=O)C2CCN(c3ccc(F)cc3C#N)CC2)n(C)n1. The Bertz CT molecular complexity index is 1160. The van der Waals surface area contributed by atoms with E-state index in [1.54, 1.807) is 10.7 Å². The second-order valence-corrected chi connectivity index (χ2v) is 7.88. The van der Waals surface area contributed by atoms with Gasteiger partial charge in [0, 0.05) is 37.7 Å². The number of hydrogen-bond acceptors (Lipinski definition) is 4. The van der Waals surface area contributed by atoms with Crippen LogP contribution in [0.1, 0.15) is 24.0 Å². The van der Waals surface area contributed by atoms with E-state index in [9.17, 15) is 14.4 Å². The molecule has 1 N–H and O–H groups in total. The number of benzene rings is 2. The van der Waals surface area contributed by atoms with Crippen LogP contribution in [0.4, 0.5) is 15.9 Å². The lowest BCUT2D eigenvalue weighted by molar-refractivity contribution is -0.120. The average Bonchev–Trinajstić information content (AvgIpc) is 3.14. The zero-order valence-electron chi connectivity index (χ0n) is 17.6. The fourth-order valence-corrected chi connectivity index (χ4v) is 4.06. The van der Waals surface area contributed by atoms with Crippen LogP contribution in [0.25, 0.3) is 11.3 Å². The van der Waals surface area contributed by atoms with Gasteiger partial charge in [-0.25, -0.2) is 4.39 Å². The third-order valence-electron chi connectivity index (χ3n) is 5.84. The largest absolute Gasteiger partial charge is 0.370 e. The molecule has 2 aromatic carbocycles. The minimum absolute atomic E-state index is 0.0291. The third kappa shape index (κ3) is 4.29. The van der Waals surface area contributed by atoms with Gasteiger partial charge in [0.1, 0.15) is 17.7 Å². The first-order valence-electron chi connectivity index (χ1n) is 10.3. The number of carbonyl (C=O) groups is 1. The third-order valence-corrected chi connectivity index (χ3v) is 5.84. The van der Waals surface area contributed by atoms with Crippen LogP contribution in [0.2, 0.25) is 0 Å². The van der Waals surface area contributed by atoms with Crippen molar-refractivity contribution < 1.29 is 9.18 Å². The molecular formula is C24H24FN5O. The van der Waals surface area contributed by atoms with Crippen molar-refractivity contribution in [1.82, 2.24) is 9.78 Å². The highest BCUT2D eigenvalue weighted by Gasteiger charge is 2.27. The van der Waals surface area contributed by atoms with Gasteiger partial charge in [-0.15, -0.1) is 0 Å². The second kappa shape index (κ2) is 8.60. The smallest absolute Gasteiger partial charge is 0.228 e. The monoisotopic (exact) mass is 417 g/mol. The first kappa shape index (κ1) is 20.6. The topological polar surface area (TPSA) is 74.0 Å². The molecule has 1 saturated heterocycles. The predicted molar refractivity (Wildman–Crippen MR) is 118 cm³/mol. The van der Waals surface area contributed by atoms with Crippen LogP contribution >= 0.6 is 0 Å². The lowest BCUT2D eigenvalue weighted by Gasteiger charge is -2.33. The molecule has 31 heavy (non-hydrogen) atoms. The van der Waals surface area contributed by atoms with E-state index in [2.05, 4.69) is 16.5 Å². The minimum Gasteiger partial charge on any atom is -0.370 e. The summed E-state index contributed by atoms with van der Waals surface area (Å²) >= 11 is 0. The molecule has 7 heteroatoms. The van der Waals surface area contributed by atoms with Crippen molar-refractivity contribution in [2.45, 2.75) is 19.8 Å². The number of aromatic nitrogens is 2. The maximum atomic E-state index is 13.4. The number of carbonyl (C=O) groups excluding carboxylic acids is 1. The highest BCUT2D eigenvalue weighted by Crippen LogP contribution is 2.28. The quantitative estimate of drug-likeness (QED) is 0.688. The molecule has 1 amide bonds. The Hall–Kier alpha value is -3.66. The van der Waals surface area contributed by atoms with Crippen LogP contribution in [-0.4, -0.2) is 28.8 Å². The zero-order valence-corrected chi connectivity index (χ0v) is 17.6. The number of piperidine rings is 1. The van der Waals surface area contributed by atoms with Crippen LogP contribution in [0, 0.1) is 30.0 Å². The molecular weight excluding hydrogens is 393 g/mol.